The molecule has 0 amide bonds. The summed E-state index contributed by atoms with van der Waals surface area (Å²) in [6.45, 7) is 2.12. The van der Waals surface area contributed by atoms with Crippen molar-refractivity contribution in [1.29, 1.82) is 0 Å². The van der Waals surface area contributed by atoms with Gasteiger partial charge in [0.1, 0.15) is 5.78 Å². The van der Waals surface area contributed by atoms with Crippen LogP contribution >= 0.6 is 0 Å². The molecular formula is C16H23NO. The van der Waals surface area contributed by atoms with Crippen molar-refractivity contribution < 1.29 is 4.79 Å². The Morgan fingerprint density at radius 1 is 1.11 bits per heavy atom. The van der Waals surface area contributed by atoms with Gasteiger partial charge < -0.3 is 4.90 Å². The summed E-state index contributed by atoms with van der Waals surface area (Å²) >= 11 is 0. The largest absolute Gasteiger partial charge is 0.302 e. The van der Waals surface area contributed by atoms with E-state index in [4.69, 9.17) is 0 Å². The van der Waals surface area contributed by atoms with Crippen molar-refractivity contribution in [2.75, 3.05) is 14.1 Å². The number of rotatable bonds is 3. The Bertz CT molecular complexity index is 398. The third-order valence-electron chi connectivity index (χ3n) is 4.01. The highest BCUT2D eigenvalue weighted by molar-refractivity contribution is 5.79. The molecule has 2 nitrogen and oxygen atoms in total. The fraction of sp³-hybridized carbons (Fsp3) is 0.562. The van der Waals surface area contributed by atoms with E-state index in [9.17, 15) is 4.79 Å². The predicted octanol–water partition coefficient (Wildman–Crippen LogP) is 3.36. The van der Waals surface area contributed by atoms with E-state index < -0.39 is 0 Å². The minimum atomic E-state index is 0.438. The Balaban J connectivity index is 2.17. The summed E-state index contributed by atoms with van der Waals surface area (Å²) in [5.41, 5.74) is 2.68. The molecule has 2 rings (SSSR count). The van der Waals surface area contributed by atoms with Crippen molar-refractivity contribution in [1.82, 2.24) is 4.90 Å². The van der Waals surface area contributed by atoms with Gasteiger partial charge in [0, 0.05) is 18.9 Å². The van der Waals surface area contributed by atoms with Crippen LogP contribution in [-0.4, -0.2) is 24.8 Å². The molecule has 1 unspecified atom stereocenters. The van der Waals surface area contributed by atoms with Crippen LogP contribution in [0.2, 0.25) is 0 Å². The number of hydrogen-bond acceptors (Lipinski definition) is 2. The second-order valence-electron chi connectivity index (χ2n) is 5.70. The third-order valence-corrected chi connectivity index (χ3v) is 4.01. The van der Waals surface area contributed by atoms with Crippen LogP contribution in [0.5, 0.6) is 0 Å². The van der Waals surface area contributed by atoms with E-state index in [0.717, 1.165) is 25.7 Å². The molecule has 1 aliphatic carbocycles. The summed E-state index contributed by atoms with van der Waals surface area (Å²) in [5, 5.41) is 0. The molecular weight excluding hydrogens is 222 g/mol. The molecule has 0 heterocycles. The SMILES string of the molecule is Cc1ccc(C(C2CCC(=O)CC2)N(C)C)cc1. The molecule has 1 fully saturated rings. The monoisotopic (exact) mass is 245 g/mol. The number of benzene rings is 1. The van der Waals surface area contributed by atoms with Crippen molar-refractivity contribution in [3.8, 4) is 0 Å². The molecule has 1 aromatic rings. The minimum Gasteiger partial charge on any atom is -0.302 e. The van der Waals surface area contributed by atoms with E-state index in [1.807, 2.05) is 0 Å². The van der Waals surface area contributed by atoms with Gasteiger partial charge in [-0.25, -0.2) is 0 Å². The zero-order valence-electron chi connectivity index (χ0n) is 11.6. The van der Waals surface area contributed by atoms with Crippen molar-refractivity contribution >= 4 is 5.78 Å². The molecule has 1 saturated carbocycles. The summed E-state index contributed by atoms with van der Waals surface area (Å²) < 4.78 is 0. The lowest BCUT2D eigenvalue weighted by atomic mass is 9.80. The summed E-state index contributed by atoms with van der Waals surface area (Å²) in [5.74, 6) is 1.05. The fourth-order valence-electron chi connectivity index (χ4n) is 3.03. The summed E-state index contributed by atoms with van der Waals surface area (Å²) in [6, 6.07) is 9.27. The highest BCUT2D eigenvalue weighted by atomic mass is 16.1. The van der Waals surface area contributed by atoms with Crippen LogP contribution in [0.4, 0.5) is 0 Å². The average molecular weight is 245 g/mol. The highest BCUT2D eigenvalue weighted by Gasteiger charge is 2.28. The molecule has 0 saturated heterocycles. The number of aryl methyl sites for hydroxylation is 1. The number of nitrogens with zero attached hydrogens (tertiary/aromatic N) is 1. The van der Waals surface area contributed by atoms with Gasteiger partial charge in [0.25, 0.3) is 0 Å². The number of ketones is 1. The Hall–Kier alpha value is -1.15. The molecule has 2 heteroatoms. The molecule has 1 aromatic carbocycles. The van der Waals surface area contributed by atoms with Crippen molar-refractivity contribution in [2.45, 2.75) is 38.6 Å². The summed E-state index contributed by atoms with van der Waals surface area (Å²) in [7, 11) is 4.28. The first kappa shape index (κ1) is 13.3. The maximum absolute atomic E-state index is 11.4. The van der Waals surface area contributed by atoms with Gasteiger partial charge >= 0.3 is 0 Å². The second-order valence-corrected chi connectivity index (χ2v) is 5.70. The van der Waals surface area contributed by atoms with Crippen LogP contribution in [0, 0.1) is 12.8 Å². The molecule has 0 N–H and O–H groups in total. The lowest BCUT2D eigenvalue weighted by Crippen LogP contribution is -2.30. The Morgan fingerprint density at radius 3 is 2.17 bits per heavy atom. The minimum absolute atomic E-state index is 0.438. The zero-order valence-corrected chi connectivity index (χ0v) is 11.6. The van der Waals surface area contributed by atoms with Gasteiger partial charge in [-0.1, -0.05) is 29.8 Å². The van der Waals surface area contributed by atoms with Gasteiger partial charge in [-0.3, -0.25) is 4.79 Å². The number of carbonyl (C=O) groups excluding carboxylic acids is 1. The van der Waals surface area contributed by atoms with Gasteiger partial charge in [0.05, 0.1) is 0 Å². The van der Waals surface area contributed by atoms with Crippen LogP contribution in [0.25, 0.3) is 0 Å². The lowest BCUT2D eigenvalue weighted by Gasteiger charge is -2.35. The summed E-state index contributed by atoms with van der Waals surface area (Å²) in [4.78, 5) is 13.7. The van der Waals surface area contributed by atoms with E-state index >= 15 is 0 Å². The molecule has 0 radical (unpaired) electrons. The topological polar surface area (TPSA) is 20.3 Å². The van der Waals surface area contributed by atoms with Crippen LogP contribution < -0.4 is 0 Å². The van der Waals surface area contributed by atoms with E-state index in [1.54, 1.807) is 0 Å². The molecule has 1 atom stereocenters. The maximum atomic E-state index is 11.4. The van der Waals surface area contributed by atoms with E-state index in [2.05, 4.69) is 50.2 Å². The van der Waals surface area contributed by atoms with Crippen LogP contribution in [-0.2, 0) is 4.79 Å². The smallest absolute Gasteiger partial charge is 0.132 e. The second kappa shape index (κ2) is 5.66. The van der Waals surface area contributed by atoms with E-state index in [1.165, 1.54) is 11.1 Å². The van der Waals surface area contributed by atoms with Gasteiger partial charge in [0.2, 0.25) is 0 Å². The first-order valence-corrected chi connectivity index (χ1v) is 6.82. The van der Waals surface area contributed by atoms with Crippen molar-refractivity contribution in [3.05, 3.63) is 35.4 Å². The molecule has 1 aliphatic rings. The van der Waals surface area contributed by atoms with Gasteiger partial charge in [-0.2, -0.15) is 0 Å². The molecule has 0 spiro atoms. The van der Waals surface area contributed by atoms with Crippen molar-refractivity contribution in [3.63, 3.8) is 0 Å². The Labute approximate surface area is 110 Å². The fourth-order valence-corrected chi connectivity index (χ4v) is 3.03. The third kappa shape index (κ3) is 2.99. The highest BCUT2D eigenvalue weighted by Crippen LogP contribution is 2.36. The number of hydrogen-bond donors (Lipinski definition) is 0. The zero-order chi connectivity index (χ0) is 13.1. The molecule has 0 bridgehead atoms. The Morgan fingerprint density at radius 2 is 1.67 bits per heavy atom. The maximum Gasteiger partial charge on any atom is 0.132 e. The van der Waals surface area contributed by atoms with Crippen molar-refractivity contribution in [2.24, 2.45) is 5.92 Å². The standard InChI is InChI=1S/C16H23NO/c1-12-4-6-13(7-5-12)16(17(2)3)14-8-10-15(18)11-9-14/h4-7,14,16H,8-11H2,1-3H3. The average Bonchev–Trinajstić information content (AvgIpc) is 2.34. The predicted molar refractivity (Wildman–Crippen MR) is 74.6 cm³/mol. The van der Waals surface area contributed by atoms with E-state index in [0.29, 0.717) is 17.7 Å². The molecule has 98 valence electrons. The number of carbonyl (C=O) groups is 1. The van der Waals surface area contributed by atoms with E-state index in [-0.39, 0.29) is 0 Å². The first-order chi connectivity index (χ1) is 8.58. The molecule has 0 aliphatic heterocycles. The molecule has 0 aromatic heterocycles. The quantitative estimate of drug-likeness (QED) is 0.814. The van der Waals surface area contributed by atoms with Gasteiger partial charge in [-0.05, 0) is 45.3 Å². The normalized spacial score (nSPS) is 19.2. The van der Waals surface area contributed by atoms with Gasteiger partial charge in [0.15, 0.2) is 0 Å². The van der Waals surface area contributed by atoms with Crippen LogP contribution in [0.3, 0.4) is 0 Å². The van der Waals surface area contributed by atoms with Gasteiger partial charge in [-0.15, -0.1) is 0 Å². The Kier molecular flexibility index (Phi) is 4.18. The summed E-state index contributed by atoms with van der Waals surface area (Å²) in [6.07, 6.45) is 3.60. The van der Waals surface area contributed by atoms with Crippen LogP contribution in [0.15, 0.2) is 24.3 Å². The van der Waals surface area contributed by atoms with Crippen LogP contribution in [0.1, 0.15) is 42.9 Å². The first-order valence-electron chi connectivity index (χ1n) is 6.82. The molecule has 18 heavy (non-hydrogen) atoms. The number of Topliss-reactive ketones (excluding diaryl/α,β-unsaturated/α-hetero) is 1. The lowest BCUT2D eigenvalue weighted by molar-refractivity contribution is -0.121.